The largest absolute Gasteiger partial charge is 0.304 e. The molecule has 0 unspecified atom stereocenters. The lowest BCUT2D eigenvalue weighted by atomic mass is 10.1. The summed E-state index contributed by atoms with van der Waals surface area (Å²) in [4.78, 5) is 4.08. The summed E-state index contributed by atoms with van der Waals surface area (Å²) in [5.74, 6) is 0. The van der Waals surface area contributed by atoms with Crippen LogP contribution in [0.1, 0.15) is 24.2 Å². The van der Waals surface area contributed by atoms with Crippen LogP contribution >= 0.6 is 11.5 Å². The van der Waals surface area contributed by atoms with Crippen LogP contribution in [0.5, 0.6) is 0 Å². The van der Waals surface area contributed by atoms with E-state index in [1.54, 1.807) is 6.20 Å². The Labute approximate surface area is 92.5 Å². The molecule has 1 N–H and O–H groups in total. The third-order valence-corrected chi connectivity index (χ3v) is 2.73. The number of pyridine rings is 1. The van der Waals surface area contributed by atoms with Crippen LogP contribution in [0.25, 0.3) is 0 Å². The fraction of sp³-hybridized carbons (Fsp3) is 0.300. The zero-order valence-electron chi connectivity index (χ0n) is 8.42. The summed E-state index contributed by atoms with van der Waals surface area (Å²) in [5, 5.41) is 9.29. The Morgan fingerprint density at radius 2 is 2.47 bits per heavy atom. The number of hydrogen-bond acceptors (Lipinski definition) is 5. The minimum atomic E-state index is 0.278. The maximum atomic E-state index is 4.08. The Hall–Kier alpha value is -1.33. The second-order valence-electron chi connectivity index (χ2n) is 3.29. The van der Waals surface area contributed by atoms with Gasteiger partial charge in [-0.05, 0) is 30.1 Å². The lowest BCUT2D eigenvalue weighted by Crippen LogP contribution is -2.18. The summed E-state index contributed by atoms with van der Waals surface area (Å²) in [5.41, 5.74) is 2.16. The maximum absolute atomic E-state index is 4.08. The van der Waals surface area contributed by atoms with Gasteiger partial charge in [-0.15, -0.1) is 5.10 Å². The molecule has 4 nitrogen and oxygen atoms in total. The van der Waals surface area contributed by atoms with Crippen molar-refractivity contribution < 1.29 is 0 Å². The molecule has 0 aliphatic rings. The minimum absolute atomic E-state index is 0.278. The first-order chi connectivity index (χ1) is 7.36. The minimum Gasteiger partial charge on any atom is -0.304 e. The molecule has 0 aliphatic carbocycles. The zero-order chi connectivity index (χ0) is 10.5. The van der Waals surface area contributed by atoms with Crippen molar-refractivity contribution in [3.05, 3.63) is 41.2 Å². The van der Waals surface area contributed by atoms with Gasteiger partial charge < -0.3 is 5.32 Å². The van der Waals surface area contributed by atoms with Gasteiger partial charge >= 0.3 is 0 Å². The number of nitrogens with one attached hydrogen (secondary N) is 1. The van der Waals surface area contributed by atoms with E-state index in [4.69, 9.17) is 0 Å². The Morgan fingerprint density at radius 3 is 3.13 bits per heavy atom. The third kappa shape index (κ3) is 2.81. The summed E-state index contributed by atoms with van der Waals surface area (Å²) in [6.07, 6.45) is 3.65. The van der Waals surface area contributed by atoms with E-state index in [2.05, 4.69) is 32.9 Å². The molecule has 5 heteroatoms. The van der Waals surface area contributed by atoms with Crippen LogP contribution in [0.3, 0.4) is 0 Å². The van der Waals surface area contributed by atoms with Crippen LogP contribution < -0.4 is 5.32 Å². The van der Waals surface area contributed by atoms with Gasteiger partial charge in [0.2, 0.25) is 0 Å². The fourth-order valence-corrected chi connectivity index (χ4v) is 1.72. The second-order valence-corrected chi connectivity index (χ2v) is 3.90. The number of rotatable bonds is 4. The first-order valence-corrected chi connectivity index (χ1v) is 5.59. The van der Waals surface area contributed by atoms with Gasteiger partial charge in [0.15, 0.2) is 0 Å². The Kier molecular flexibility index (Phi) is 3.37. The van der Waals surface area contributed by atoms with Crippen molar-refractivity contribution in [2.75, 3.05) is 0 Å². The Morgan fingerprint density at radius 1 is 1.53 bits per heavy atom. The van der Waals surface area contributed by atoms with Gasteiger partial charge in [-0.1, -0.05) is 10.6 Å². The molecule has 15 heavy (non-hydrogen) atoms. The highest BCUT2D eigenvalue weighted by molar-refractivity contribution is 7.03. The van der Waals surface area contributed by atoms with Crippen molar-refractivity contribution in [1.82, 2.24) is 19.9 Å². The van der Waals surface area contributed by atoms with Gasteiger partial charge in [-0.2, -0.15) is 0 Å². The van der Waals surface area contributed by atoms with Crippen LogP contribution in [-0.4, -0.2) is 14.6 Å². The van der Waals surface area contributed by atoms with Crippen LogP contribution in [0.15, 0.2) is 29.9 Å². The van der Waals surface area contributed by atoms with Gasteiger partial charge in [0.05, 0.1) is 5.69 Å². The molecule has 2 rings (SSSR count). The van der Waals surface area contributed by atoms with Gasteiger partial charge in [0.25, 0.3) is 0 Å². The lowest BCUT2D eigenvalue weighted by molar-refractivity contribution is 0.565. The Bertz CT molecular complexity index is 387. The fourth-order valence-electron chi connectivity index (χ4n) is 1.27. The van der Waals surface area contributed by atoms with E-state index in [0.717, 1.165) is 12.2 Å². The molecule has 0 bridgehead atoms. The average molecular weight is 220 g/mol. The first-order valence-electron chi connectivity index (χ1n) is 4.75. The number of nitrogens with zero attached hydrogens (tertiary/aromatic N) is 3. The highest BCUT2D eigenvalue weighted by atomic mass is 32.1. The molecule has 2 heterocycles. The number of hydrogen-bond donors (Lipinski definition) is 1. The van der Waals surface area contributed by atoms with Crippen LogP contribution in [-0.2, 0) is 6.54 Å². The predicted octanol–water partition coefficient (Wildman–Crippen LogP) is 1.78. The standard InChI is InChI=1S/C10H12N4S/c1-8(9-3-2-4-11-5-9)12-6-10-7-15-14-13-10/h2-5,7-8,12H,6H2,1H3/t8-/m0/s1. The summed E-state index contributed by atoms with van der Waals surface area (Å²) >= 11 is 1.37. The van der Waals surface area contributed by atoms with E-state index in [-0.39, 0.29) is 6.04 Å². The van der Waals surface area contributed by atoms with Crippen molar-refractivity contribution >= 4 is 11.5 Å². The molecule has 0 aromatic carbocycles. The molecule has 0 saturated carbocycles. The number of aromatic nitrogens is 3. The normalized spacial score (nSPS) is 12.6. The second kappa shape index (κ2) is 4.95. The molecule has 0 amide bonds. The van der Waals surface area contributed by atoms with Crippen molar-refractivity contribution in [2.45, 2.75) is 19.5 Å². The highest BCUT2D eigenvalue weighted by Gasteiger charge is 2.04. The third-order valence-electron chi connectivity index (χ3n) is 2.18. The van der Waals surface area contributed by atoms with Gasteiger partial charge in [0.1, 0.15) is 0 Å². The smallest absolute Gasteiger partial charge is 0.0893 e. The van der Waals surface area contributed by atoms with Gasteiger partial charge in [-0.25, -0.2) is 0 Å². The molecule has 0 aliphatic heterocycles. The molecule has 0 radical (unpaired) electrons. The molecule has 0 saturated heterocycles. The van der Waals surface area contributed by atoms with Crippen LogP contribution in [0, 0.1) is 0 Å². The van der Waals surface area contributed by atoms with Crippen molar-refractivity contribution in [1.29, 1.82) is 0 Å². The molecular formula is C10H12N4S. The van der Waals surface area contributed by atoms with Gasteiger partial charge in [-0.3, -0.25) is 4.98 Å². The topological polar surface area (TPSA) is 50.7 Å². The summed E-state index contributed by atoms with van der Waals surface area (Å²) < 4.78 is 3.81. The van der Waals surface area contributed by atoms with Crippen LogP contribution in [0.4, 0.5) is 0 Å². The van der Waals surface area contributed by atoms with Crippen LogP contribution in [0.2, 0.25) is 0 Å². The molecule has 78 valence electrons. The first kappa shape index (κ1) is 10.2. The predicted molar refractivity (Wildman–Crippen MR) is 59.4 cm³/mol. The highest BCUT2D eigenvalue weighted by Crippen LogP contribution is 2.10. The molecule has 1 atom stereocenters. The maximum Gasteiger partial charge on any atom is 0.0893 e. The molecule has 2 aromatic heterocycles. The molecular weight excluding hydrogens is 208 g/mol. The van der Waals surface area contributed by atoms with Gasteiger partial charge in [0, 0.05) is 30.4 Å². The van der Waals surface area contributed by atoms with Crippen molar-refractivity contribution in [2.24, 2.45) is 0 Å². The van der Waals surface area contributed by atoms with E-state index in [0.29, 0.717) is 0 Å². The lowest BCUT2D eigenvalue weighted by Gasteiger charge is -2.12. The summed E-state index contributed by atoms with van der Waals surface area (Å²) in [7, 11) is 0. The van der Waals surface area contributed by atoms with E-state index in [9.17, 15) is 0 Å². The summed E-state index contributed by atoms with van der Waals surface area (Å²) in [6, 6.07) is 4.28. The Balaban J connectivity index is 1.90. The quantitative estimate of drug-likeness (QED) is 0.853. The van der Waals surface area contributed by atoms with E-state index < -0.39 is 0 Å². The zero-order valence-corrected chi connectivity index (χ0v) is 9.24. The van der Waals surface area contributed by atoms with E-state index in [1.807, 2.05) is 17.6 Å². The van der Waals surface area contributed by atoms with Crippen molar-refractivity contribution in [3.63, 3.8) is 0 Å². The summed E-state index contributed by atoms with van der Waals surface area (Å²) in [6.45, 7) is 2.85. The monoisotopic (exact) mass is 220 g/mol. The molecule has 2 aromatic rings. The average Bonchev–Trinajstić information content (AvgIpc) is 2.80. The molecule has 0 fully saturated rings. The molecule has 0 spiro atoms. The van der Waals surface area contributed by atoms with E-state index >= 15 is 0 Å². The van der Waals surface area contributed by atoms with E-state index in [1.165, 1.54) is 17.1 Å². The van der Waals surface area contributed by atoms with Crippen molar-refractivity contribution in [3.8, 4) is 0 Å². The SMILES string of the molecule is C[C@H](NCc1csnn1)c1cccnc1.